The van der Waals surface area contributed by atoms with E-state index in [4.69, 9.17) is 9.72 Å². The van der Waals surface area contributed by atoms with Gasteiger partial charge in [0.2, 0.25) is 0 Å². The molecule has 0 atom stereocenters. The van der Waals surface area contributed by atoms with Gasteiger partial charge in [-0.05, 0) is 58.7 Å². The van der Waals surface area contributed by atoms with E-state index in [1.165, 1.54) is 5.39 Å². The summed E-state index contributed by atoms with van der Waals surface area (Å²) in [7, 11) is 0. The van der Waals surface area contributed by atoms with Gasteiger partial charge >= 0.3 is 0 Å². The van der Waals surface area contributed by atoms with Gasteiger partial charge in [0, 0.05) is 77.2 Å². The van der Waals surface area contributed by atoms with E-state index in [0.29, 0.717) is 11.5 Å². The van der Waals surface area contributed by atoms with Gasteiger partial charge < -0.3 is 19.1 Å². The van der Waals surface area contributed by atoms with Crippen molar-refractivity contribution >= 4 is 55.3 Å². The number of aromatic nitrogens is 2. The van der Waals surface area contributed by atoms with Gasteiger partial charge in [-0.25, -0.2) is 4.98 Å². The zero-order valence-electron chi connectivity index (χ0n) is 32.0. The van der Waals surface area contributed by atoms with Crippen molar-refractivity contribution in [1.29, 1.82) is 0 Å². The smallest absolute Gasteiger partial charge is 0.135 e. The molecule has 5 nitrogen and oxygen atoms in total. The normalized spacial score (nSPS) is 12.2. The number of hydrogen-bond acceptors (Lipinski definition) is 4. The molecule has 0 fully saturated rings. The summed E-state index contributed by atoms with van der Waals surface area (Å²) >= 11 is 0. The van der Waals surface area contributed by atoms with E-state index < -0.39 is 0 Å². The molecule has 0 spiro atoms. The molecule has 0 saturated carbocycles. The Morgan fingerprint density at radius 1 is 0.542 bits per heavy atom. The summed E-state index contributed by atoms with van der Waals surface area (Å²) < 4.78 is 8.79. The van der Waals surface area contributed by atoms with Crippen LogP contribution in [-0.2, 0) is 20.4 Å². The van der Waals surface area contributed by atoms with Crippen LogP contribution < -0.4 is 14.5 Å². The molecular formula is C53H35N4OPd-3. The molecule has 0 saturated heterocycles. The number of pyridine rings is 1. The molecule has 0 N–H and O–H groups in total. The first-order valence-corrected chi connectivity index (χ1v) is 19.5. The van der Waals surface area contributed by atoms with Crippen LogP contribution in [0.25, 0.3) is 60.6 Å². The van der Waals surface area contributed by atoms with Gasteiger partial charge in [0.1, 0.15) is 5.82 Å². The largest absolute Gasteiger partial charge is 0.509 e. The summed E-state index contributed by atoms with van der Waals surface area (Å²) in [5.74, 6) is 2.03. The Bertz CT molecular complexity index is 3100. The molecule has 6 heteroatoms. The zero-order chi connectivity index (χ0) is 38.6. The summed E-state index contributed by atoms with van der Waals surface area (Å²) in [6.07, 6.45) is 1.85. The maximum atomic E-state index is 6.62. The van der Waals surface area contributed by atoms with E-state index in [9.17, 15) is 0 Å². The SMILES string of the molecule is Cc1ccnc(-n2c3[c-]c(Oc4[c-]c(N5[CH-]N(c6c(-c7ccccc7)cccc6-c6ccccc6)c6c5ccc5ccccc65)ccc4)ccc3c3ccccc32)c1.[Pd]. The maximum absolute atomic E-state index is 6.62. The molecule has 0 amide bonds. The van der Waals surface area contributed by atoms with Gasteiger partial charge in [-0.2, -0.15) is 12.1 Å². The summed E-state index contributed by atoms with van der Waals surface area (Å²) in [5, 5.41) is 4.56. The third-order valence-electron chi connectivity index (χ3n) is 11.0. The predicted molar refractivity (Wildman–Crippen MR) is 237 cm³/mol. The molecule has 286 valence electrons. The minimum Gasteiger partial charge on any atom is -0.509 e. The molecule has 3 heterocycles. The van der Waals surface area contributed by atoms with Crippen molar-refractivity contribution in [3.8, 4) is 39.6 Å². The fourth-order valence-corrected chi connectivity index (χ4v) is 8.36. The van der Waals surface area contributed by atoms with E-state index in [-0.39, 0.29) is 20.4 Å². The average molecular weight is 850 g/mol. The molecule has 1 aliphatic heterocycles. The molecule has 0 bridgehead atoms. The van der Waals surface area contributed by atoms with Gasteiger partial charge in [0.25, 0.3) is 0 Å². The molecule has 59 heavy (non-hydrogen) atoms. The topological polar surface area (TPSA) is 33.5 Å². The number of benzene rings is 8. The predicted octanol–water partition coefficient (Wildman–Crippen LogP) is 13.8. The van der Waals surface area contributed by atoms with Gasteiger partial charge in [-0.3, -0.25) is 0 Å². The molecule has 0 unspecified atom stereocenters. The van der Waals surface area contributed by atoms with Gasteiger partial charge in [0.05, 0.1) is 0 Å². The Labute approximate surface area is 357 Å². The molecule has 8 aromatic carbocycles. The van der Waals surface area contributed by atoms with Crippen molar-refractivity contribution in [2.45, 2.75) is 6.92 Å². The van der Waals surface area contributed by atoms with Crippen molar-refractivity contribution in [2.24, 2.45) is 0 Å². The quantitative estimate of drug-likeness (QED) is 0.118. The number of para-hydroxylation sites is 2. The third-order valence-corrected chi connectivity index (χ3v) is 11.0. The second-order valence-corrected chi connectivity index (χ2v) is 14.6. The summed E-state index contributed by atoms with van der Waals surface area (Å²) in [5.41, 5.74) is 11.8. The molecular weight excluding hydrogens is 815 g/mol. The number of rotatable bonds is 7. The Kier molecular flexibility index (Phi) is 9.30. The van der Waals surface area contributed by atoms with Crippen LogP contribution in [0.3, 0.4) is 0 Å². The van der Waals surface area contributed by atoms with Crippen molar-refractivity contribution in [2.75, 3.05) is 9.80 Å². The molecule has 10 aromatic rings. The van der Waals surface area contributed by atoms with Crippen LogP contribution in [0.15, 0.2) is 188 Å². The van der Waals surface area contributed by atoms with Gasteiger partial charge in [0.15, 0.2) is 0 Å². The van der Waals surface area contributed by atoms with Gasteiger partial charge in [-0.1, -0.05) is 133 Å². The van der Waals surface area contributed by atoms with Crippen LogP contribution in [0.2, 0.25) is 0 Å². The first kappa shape index (κ1) is 36.4. The number of ether oxygens (including phenoxy) is 1. The van der Waals surface area contributed by atoms with Crippen molar-refractivity contribution in [3.05, 3.63) is 213 Å². The molecule has 0 aliphatic carbocycles. The summed E-state index contributed by atoms with van der Waals surface area (Å²) in [6, 6.07) is 70.8. The molecule has 2 aromatic heterocycles. The van der Waals surface area contributed by atoms with Crippen LogP contribution in [0, 0.1) is 25.7 Å². The number of fused-ring (bicyclic) bond motifs is 6. The number of nitrogens with zero attached hydrogens (tertiary/aromatic N) is 4. The van der Waals surface area contributed by atoms with Crippen LogP contribution >= 0.6 is 0 Å². The summed E-state index contributed by atoms with van der Waals surface area (Å²) in [4.78, 5) is 9.33. The molecule has 1 aliphatic rings. The Hall–Kier alpha value is -6.97. The molecule has 11 rings (SSSR count). The van der Waals surface area contributed by atoms with E-state index in [1.54, 1.807) is 0 Å². The van der Waals surface area contributed by atoms with E-state index in [0.717, 1.165) is 83.6 Å². The number of hydrogen-bond donors (Lipinski definition) is 0. The van der Waals surface area contributed by atoms with Crippen LogP contribution in [-0.4, -0.2) is 9.55 Å². The molecule has 0 radical (unpaired) electrons. The first-order valence-electron chi connectivity index (χ1n) is 19.5. The average Bonchev–Trinajstić information content (AvgIpc) is 3.83. The van der Waals surface area contributed by atoms with Crippen molar-refractivity contribution in [3.63, 3.8) is 0 Å². The van der Waals surface area contributed by atoms with Gasteiger partial charge in [-0.15, -0.1) is 48.1 Å². The third kappa shape index (κ3) is 6.35. The fraction of sp³-hybridized carbons (Fsp3) is 0.0189. The standard InChI is InChI=1S/C53H35N4O.Pd/c1-36-30-31-54-51(32-36)57-48-25-11-10-22-46(48)47-28-27-42(34-50(47)57)58-41-20-12-19-40(33-41)55-35-56(53-45-21-9-8-18-39(45)26-29-49(53)55)52-43(37-14-4-2-5-15-37)23-13-24-44(52)38-16-6-3-7-17-38;/h2-32,35H,1H3;/q-3;. The van der Waals surface area contributed by atoms with Crippen molar-refractivity contribution in [1.82, 2.24) is 9.55 Å². The van der Waals surface area contributed by atoms with E-state index in [1.807, 2.05) is 30.5 Å². The van der Waals surface area contributed by atoms with Crippen molar-refractivity contribution < 1.29 is 25.2 Å². The second kappa shape index (κ2) is 15.1. The van der Waals surface area contributed by atoms with E-state index >= 15 is 0 Å². The Morgan fingerprint density at radius 3 is 1.98 bits per heavy atom. The van der Waals surface area contributed by atoms with E-state index in [2.05, 4.69) is 198 Å². The first-order chi connectivity index (χ1) is 28.7. The minimum absolute atomic E-state index is 0. The number of anilines is 4. The Balaban J connectivity index is 0.00000420. The van der Waals surface area contributed by atoms with Crippen LogP contribution in [0.1, 0.15) is 5.56 Å². The fourth-order valence-electron chi connectivity index (χ4n) is 8.36. The minimum atomic E-state index is 0. The van der Waals surface area contributed by atoms with Crippen LogP contribution in [0.5, 0.6) is 11.5 Å². The summed E-state index contributed by atoms with van der Waals surface area (Å²) in [6.45, 7) is 4.29. The zero-order valence-corrected chi connectivity index (χ0v) is 33.5. The monoisotopic (exact) mass is 849 g/mol. The maximum Gasteiger partial charge on any atom is 0.135 e. The Morgan fingerprint density at radius 2 is 1.22 bits per heavy atom. The number of aryl methyl sites for hydroxylation is 1. The second-order valence-electron chi connectivity index (χ2n) is 14.6. The van der Waals surface area contributed by atoms with Crippen LogP contribution in [0.4, 0.5) is 22.7 Å².